The summed E-state index contributed by atoms with van der Waals surface area (Å²) in [5.41, 5.74) is 6.18. The van der Waals surface area contributed by atoms with Crippen LogP contribution in [0.15, 0.2) is 150 Å². The maximum atomic E-state index is 13.6. The highest BCUT2D eigenvalue weighted by Crippen LogP contribution is 2.36. The highest BCUT2D eigenvalue weighted by molar-refractivity contribution is 6.32. The molecule has 2 aromatic carbocycles. The Balaban J connectivity index is 0.524. The fourth-order valence-corrected chi connectivity index (χ4v) is 13.7. The minimum Gasteiger partial charge on any atom is -0.456 e. The monoisotopic (exact) mass is 1730 g/mol. The molecule has 0 saturated carbocycles. The molecule has 9 aromatic heterocycles. The number of furan rings is 1. The molecule has 660 valence electrons. The highest BCUT2D eigenvalue weighted by atomic mass is 16.6. The number of carbonyl (C=O) groups is 13. The van der Waals surface area contributed by atoms with Crippen LogP contribution in [0, 0.1) is 24.0 Å². The average molecular weight is 1740 g/mol. The first kappa shape index (κ1) is 89.9. The summed E-state index contributed by atoms with van der Waals surface area (Å²) in [5, 5.41) is 50.2. The molecule has 0 aliphatic carbocycles. The van der Waals surface area contributed by atoms with Gasteiger partial charge < -0.3 is 110 Å². The van der Waals surface area contributed by atoms with Crippen LogP contribution in [-0.4, -0.2) is 186 Å². The zero-order valence-corrected chi connectivity index (χ0v) is 71.6. The third-order valence-corrected chi connectivity index (χ3v) is 20.3. The molecule has 0 saturated heterocycles. The first-order valence-electron chi connectivity index (χ1n) is 39.8. The molecule has 11 aromatic rings. The van der Waals surface area contributed by atoms with E-state index in [1.54, 1.807) is 126 Å². The molecule has 0 atom stereocenters. The molecule has 13 amide bonds. The van der Waals surface area contributed by atoms with Crippen LogP contribution in [0.3, 0.4) is 0 Å². The Hall–Kier alpha value is -16.3. The van der Waals surface area contributed by atoms with Crippen molar-refractivity contribution >= 4 is 146 Å². The summed E-state index contributed by atoms with van der Waals surface area (Å²) in [6.07, 6.45) is 14.4. The summed E-state index contributed by atoms with van der Waals surface area (Å²) in [6.45, 7) is 6.60. The SMILES string of the molecule is CC1=NN(c2ccc(C(=O)NCCC(=O)NCCC(=O)Nc3cc(C(=O)Nc4cn(C)c(C(=O)Nc5cn(C)c(C(=O)Nc6cc(C(=O)NCCCC(=O)Nc7cc(C(=O)Nc8cc(C(=O)Nc9cc(C(=O)Nc%10cc(C(=O)NCCCN(C)C)n(C)c%10)n(C)c9)n(C)c8)n(C)c7)n(C)c6)n5)n4)n(C)c3)cc2)C(=O)/C1=C/c1ccc(-c2cc(C)c(C)cc2[N+](=O)[O-])o1. The van der Waals surface area contributed by atoms with Crippen LogP contribution in [0.2, 0.25) is 0 Å². The van der Waals surface area contributed by atoms with E-state index in [1.165, 1.54) is 126 Å². The second-order valence-corrected chi connectivity index (χ2v) is 30.5. The van der Waals surface area contributed by atoms with Gasteiger partial charge in [0, 0.05) is 163 Å². The summed E-state index contributed by atoms with van der Waals surface area (Å²) in [6, 6.07) is 21.4. The van der Waals surface area contributed by atoms with Gasteiger partial charge in [-0.25, -0.2) is 9.97 Å². The molecule has 42 nitrogen and oxygen atoms in total. The van der Waals surface area contributed by atoms with Crippen molar-refractivity contribution in [1.29, 1.82) is 0 Å². The number of nitrogens with zero attached hydrogens (tertiary/aromatic N) is 14. The van der Waals surface area contributed by atoms with Crippen molar-refractivity contribution in [3.05, 3.63) is 218 Å². The molecule has 10 heterocycles. The standard InChI is InChI=1S/C85H94N26O16/c1-47-30-60(61(111(125)126)31-48(47)2)68-22-21-58(127-68)38-59-49(3)100-110(85(59)124)57-19-17-50(18-20-57)76(115)89-28-23-71(112)86-27-24-73(114)91-52-33-67(105(9)40-52)82(121)98-69-45-109(13)75(96-69)84(123)99-70-46-108(12)74(97-70)83(122)95-56-35-63(103(7)44-56)77(116)87-25-14-16-72(113)90-51-32-64(104(8)39-51)79(118)93-54-36-66(107(11)42-54)81(120)94-55-37-65(106(10)43-55)80(119)92-53-34-62(102(6)41-53)78(117)88-26-15-29-101(4)5/h17-22,30-46H,14-16,23-29H2,1-13H3,(H,86,112)(H,87,116)(H,88,117)(H,89,115)(H,90,113)(H,91,114)(H,92,119)(H,93,118)(H,94,120)(H,95,122)(H,98,121)(H,99,123)/b59-38+. The Morgan fingerprint density at radius 3 is 1.29 bits per heavy atom. The largest absolute Gasteiger partial charge is 0.456 e. The van der Waals surface area contributed by atoms with E-state index in [1.807, 2.05) is 25.9 Å². The van der Waals surface area contributed by atoms with Crippen molar-refractivity contribution in [2.24, 2.45) is 61.5 Å². The number of hydrazone groups is 1. The number of rotatable bonds is 35. The summed E-state index contributed by atoms with van der Waals surface area (Å²) >= 11 is 0. The van der Waals surface area contributed by atoms with Gasteiger partial charge in [0.05, 0.1) is 61.6 Å². The van der Waals surface area contributed by atoms with Crippen molar-refractivity contribution in [1.82, 2.24) is 72.7 Å². The normalized spacial score (nSPS) is 12.1. The Morgan fingerprint density at radius 2 is 0.819 bits per heavy atom. The summed E-state index contributed by atoms with van der Waals surface area (Å²) in [4.78, 5) is 195. The van der Waals surface area contributed by atoms with Gasteiger partial charge >= 0.3 is 0 Å². The molecule has 127 heavy (non-hydrogen) atoms. The number of carbonyl (C=O) groups excluding carboxylic acids is 13. The summed E-state index contributed by atoms with van der Waals surface area (Å²) in [7, 11) is 16.7. The molecule has 0 radical (unpaired) electrons. The molecule has 1 aliphatic rings. The van der Waals surface area contributed by atoms with Gasteiger partial charge in [-0.1, -0.05) is 0 Å². The third kappa shape index (κ3) is 22.0. The van der Waals surface area contributed by atoms with E-state index in [-0.39, 0.29) is 143 Å². The fraction of sp³-hybridized carbons (Fsp3) is 0.271. The van der Waals surface area contributed by atoms with Crippen molar-refractivity contribution in [3.63, 3.8) is 0 Å². The van der Waals surface area contributed by atoms with E-state index >= 15 is 0 Å². The maximum absolute atomic E-state index is 13.6. The molecule has 42 heteroatoms. The molecule has 1 aliphatic heterocycles. The predicted molar refractivity (Wildman–Crippen MR) is 471 cm³/mol. The zero-order valence-electron chi connectivity index (χ0n) is 71.6. The fourth-order valence-electron chi connectivity index (χ4n) is 13.7. The zero-order chi connectivity index (χ0) is 91.5. The van der Waals surface area contributed by atoms with Gasteiger partial charge in [-0.3, -0.25) is 72.4 Å². The minimum absolute atomic E-state index is 0.00123. The second-order valence-electron chi connectivity index (χ2n) is 30.5. The Kier molecular flexibility index (Phi) is 27.5. The Labute approximate surface area is 725 Å². The van der Waals surface area contributed by atoms with Crippen LogP contribution in [0.4, 0.5) is 57.1 Å². The van der Waals surface area contributed by atoms with Crippen molar-refractivity contribution in [2.75, 3.05) is 94.4 Å². The first-order valence-corrected chi connectivity index (χ1v) is 39.8. The second kappa shape index (κ2) is 38.8. The Bertz CT molecular complexity index is 6280. The number of hydrogen-bond acceptors (Lipinski definition) is 20. The molecular weight excluding hydrogens is 1640 g/mol. The predicted octanol–water partition coefficient (Wildman–Crippen LogP) is 7.38. The van der Waals surface area contributed by atoms with E-state index in [2.05, 4.69) is 78.9 Å². The number of benzene rings is 2. The van der Waals surface area contributed by atoms with Crippen LogP contribution in [-0.2, 0) is 75.6 Å². The lowest BCUT2D eigenvalue weighted by Gasteiger charge is -2.12. The third-order valence-electron chi connectivity index (χ3n) is 20.3. The van der Waals surface area contributed by atoms with Gasteiger partial charge in [0.25, 0.3) is 64.8 Å². The number of nitrogens with one attached hydrogen (secondary N) is 12. The van der Waals surface area contributed by atoms with Crippen LogP contribution >= 0.6 is 0 Å². The Morgan fingerprint density at radius 1 is 0.425 bits per heavy atom. The number of imidazole rings is 2. The number of amides is 13. The topological polar surface area (TPSA) is 507 Å². The number of aromatic nitrogens is 10. The number of nitro groups is 1. The van der Waals surface area contributed by atoms with Crippen LogP contribution in [0.25, 0.3) is 17.4 Å². The van der Waals surface area contributed by atoms with Crippen LogP contribution < -0.4 is 68.8 Å². The van der Waals surface area contributed by atoms with Gasteiger partial charge in [-0.2, -0.15) is 10.1 Å². The summed E-state index contributed by atoms with van der Waals surface area (Å²) < 4.78 is 17.8. The number of nitro benzene ring substituents is 1. The number of aryl methyl sites for hydroxylation is 10. The number of hydrogen-bond donors (Lipinski definition) is 12. The minimum atomic E-state index is -0.742. The summed E-state index contributed by atoms with van der Waals surface area (Å²) in [5.74, 6) is -6.36. The van der Waals surface area contributed by atoms with E-state index in [0.29, 0.717) is 52.0 Å². The lowest BCUT2D eigenvalue weighted by molar-refractivity contribution is -0.384. The van der Waals surface area contributed by atoms with Gasteiger partial charge in [0.2, 0.25) is 29.4 Å². The highest BCUT2D eigenvalue weighted by Gasteiger charge is 2.32. The molecule has 0 fully saturated rings. The van der Waals surface area contributed by atoms with E-state index in [0.717, 1.165) is 24.1 Å². The van der Waals surface area contributed by atoms with E-state index in [9.17, 15) is 72.4 Å². The molecule has 0 spiro atoms. The molecule has 12 rings (SSSR count). The molecule has 0 bridgehead atoms. The van der Waals surface area contributed by atoms with Crippen molar-refractivity contribution in [2.45, 2.75) is 52.9 Å². The molecule has 12 N–H and O–H groups in total. The lowest BCUT2D eigenvalue weighted by atomic mass is 10.0. The molecule has 0 unspecified atom stereocenters. The van der Waals surface area contributed by atoms with Gasteiger partial charge in [0.1, 0.15) is 45.7 Å². The first-order chi connectivity index (χ1) is 60.4. The van der Waals surface area contributed by atoms with E-state index in [4.69, 9.17) is 4.42 Å². The number of anilines is 9. The van der Waals surface area contributed by atoms with Crippen molar-refractivity contribution < 1.29 is 71.7 Å². The molecular formula is C85H94N26O16. The van der Waals surface area contributed by atoms with Crippen molar-refractivity contribution in [3.8, 4) is 11.3 Å². The average Bonchev–Trinajstić information content (AvgIpc) is 1.71. The lowest BCUT2D eigenvalue weighted by Crippen LogP contribution is -2.32. The van der Waals surface area contributed by atoms with Gasteiger partial charge in [0.15, 0.2) is 11.6 Å². The van der Waals surface area contributed by atoms with Gasteiger partial charge in [-0.05, 0) is 150 Å². The van der Waals surface area contributed by atoms with Crippen LogP contribution in [0.1, 0.15) is 150 Å². The quantitative estimate of drug-likeness (QED) is 0.00797. The van der Waals surface area contributed by atoms with E-state index < -0.39 is 75.8 Å². The van der Waals surface area contributed by atoms with Gasteiger partial charge in [-0.15, -0.1) is 0 Å². The maximum Gasteiger partial charge on any atom is 0.292 e. The smallest absolute Gasteiger partial charge is 0.292 e. The van der Waals surface area contributed by atoms with Crippen LogP contribution in [0.5, 0.6) is 0 Å².